The molecular formula is C13H15N3O2S. The van der Waals surface area contributed by atoms with E-state index in [1.54, 1.807) is 19.2 Å². The van der Waals surface area contributed by atoms with Crippen LogP contribution < -0.4 is 5.56 Å². The minimum absolute atomic E-state index is 0.166. The Morgan fingerprint density at radius 1 is 1.47 bits per heavy atom. The first-order valence-corrected chi connectivity index (χ1v) is 6.80. The molecule has 0 amide bonds. The fourth-order valence-electron chi connectivity index (χ4n) is 1.57. The first kappa shape index (κ1) is 13.8. The maximum atomic E-state index is 11.3. The van der Waals surface area contributed by atoms with Crippen molar-refractivity contribution in [1.29, 1.82) is 0 Å². The summed E-state index contributed by atoms with van der Waals surface area (Å²) in [5.74, 6) is 0. The van der Waals surface area contributed by atoms with Crippen LogP contribution in [-0.2, 0) is 0 Å². The third-order valence-electron chi connectivity index (χ3n) is 2.55. The third-order valence-corrected chi connectivity index (χ3v) is 3.41. The summed E-state index contributed by atoms with van der Waals surface area (Å²) in [6.45, 7) is 3.68. The van der Waals surface area contributed by atoms with Gasteiger partial charge in [-0.3, -0.25) is 9.78 Å². The molecule has 0 aliphatic rings. The van der Waals surface area contributed by atoms with Gasteiger partial charge in [0.15, 0.2) is 5.16 Å². The highest BCUT2D eigenvalue weighted by Gasteiger charge is 2.07. The van der Waals surface area contributed by atoms with Gasteiger partial charge < -0.3 is 10.1 Å². The van der Waals surface area contributed by atoms with Crippen molar-refractivity contribution in [2.45, 2.75) is 36.4 Å². The Morgan fingerprint density at radius 2 is 2.26 bits per heavy atom. The van der Waals surface area contributed by atoms with Crippen molar-refractivity contribution in [2.24, 2.45) is 0 Å². The number of hydrogen-bond donors (Lipinski definition) is 2. The summed E-state index contributed by atoms with van der Waals surface area (Å²) in [7, 11) is 0. The van der Waals surface area contributed by atoms with E-state index >= 15 is 0 Å². The molecule has 2 aromatic heterocycles. The highest BCUT2D eigenvalue weighted by Crippen LogP contribution is 2.24. The van der Waals surface area contributed by atoms with Gasteiger partial charge in [-0.1, -0.05) is 18.7 Å². The number of hydrogen-bond acceptors (Lipinski definition) is 5. The Hall–Kier alpha value is -1.66. The molecule has 0 spiro atoms. The second-order valence-corrected chi connectivity index (χ2v) is 5.20. The van der Waals surface area contributed by atoms with Gasteiger partial charge in [0.1, 0.15) is 0 Å². The van der Waals surface area contributed by atoms with Crippen molar-refractivity contribution < 1.29 is 5.11 Å². The van der Waals surface area contributed by atoms with E-state index in [0.29, 0.717) is 23.0 Å². The molecule has 6 heteroatoms. The summed E-state index contributed by atoms with van der Waals surface area (Å²) in [4.78, 5) is 23.3. The predicted octanol–water partition coefficient (Wildman–Crippen LogP) is 2.07. The SMILES string of the molecule is CC[C@H](O)c1ccc(Sc2nc(C)cc(=O)[nH]2)cn1. The fraction of sp³-hybridized carbons (Fsp3) is 0.308. The van der Waals surface area contributed by atoms with E-state index in [1.165, 1.54) is 17.8 Å². The molecule has 1 atom stereocenters. The van der Waals surface area contributed by atoms with Crippen LogP contribution in [0.15, 0.2) is 39.2 Å². The molecule has 0 saturated carbocycles. The van der Waals surface area contributed by atoms with Crippen molar-refractivity contribution in [3.8, 4) is 0 Å². The Morgan fingerprint density at radius 3 is 2.84 bits per heavy atom. The Kier molecular flexibility index (Phi) is 4.34. The number of aryl methyl sites for hydroxylation is 1. The van der Waals surface area contributed by atoms with Crippen molar-refractivity contribution >= 4 is 11.8 Å². The number of nitrogens with zero attached hydrogens (tertiary/aromatic N) is 2. The smallest absolute Gasteiger partial charge is 0.251 e. The van der Waals surface area contributed by atoms with Gasteiger partial charge in [-0.25, -0.2) is 4.98 Å². The Bertz CT molecular complexity index is 610. The van der Waals surface area contributed by atoms with Crippen LogP contribution >= 0.6 is 11.8 Å². The van der Waals surface area contributed by atoms with Crippen LogP contribution in [0.5, 0.6) is 0 Å². The summed E-state index contributed by atoms with van der Waals surface area (Å²) in [5.41, 5.74) is 1.16. The van der Waals surface area contributed by atoms with Crippen LogP contribution in [0.2, 0.25) is 0 Å². The van der Waals surface area contributed by atoms with Crippen molar-refractivity contribution in [1.82, 2.24) is 15.0 Å². The average Bonchev–Trinajstić information content (AvgIpc) is 2.37. The van der Waals surface area contributed by atoms with Crippen LogP contribution in [0, 0.1) is 6.92 Å². The number of aromatic nitrogens is 3. The number of aliphatic hydroxyl groups is 1. The average molecular weight is 277 g/mol. The van der Waals surface area contributed by atoms with Gasteiger partial charge in [0, 0.05) is 22.9 Å². The van der Waals surface area contributed by atoms with Crippen LogP contribution in [0.25, 0.3) is 0 Å². The van der Waals surface area contributed by atoms with E-state index < -0.39 is 6.10 Å². The van der Waals surface area contributed by atoms with Gasteiger partial charge in [-0.15, -0.1) is 0 Å². The molecule has 0 saturated heterocycles. The maximum absolute atomic E-state index is 11.3. The van der Waals surface area contributed by atoms with Crippen molar-refractivity contribution in [3.63, 3.8) is 0 Å². The zero-order chi connectivity index (χ0) is 13.8. The number of aromatic amines is 1. The topological polar surface area (TPSA) is 78.9 Å². The highest BCUT2D eigenvalue weighted by atomic mass is 32.2. The predicted molar refractivity (Wildman–Crippen MR) is 73.2 cm³/mol. The number of H-pyrrole nitrogens is 1. The van der Waals surface area contributed by atoms with E-state index in [0.717, 1.165) is 4.90 Å². The van der Waals surface area contributed by atoms with Crippen LogP contribution in [0.1, 0.15) is 30.8 Å². The normalized spacial score (nSPS) is 12.4. The van der Waals surface area contributed by atoms with Crippen molar-refractivity contribution in [3.05, 3.63) is 46.1 Å². The van der Waals surface area contributed by atoms with Gasteiger partial charge in [-0.2, -0.15) is 0 Å². The second-order valence-electron chi connectivity index (χ2n) is 4.14. The van der Waals surface area contributed by atoms with Crippen LogP contribution in [0.3, 0.4) is 0 Å². The first-order valence-electron chi connectivity index (χ1n) is 5.98. The largest absolute Gasteiger partial charge is 0.387 e. The molecule has 0 aliphatic heterocycles. The van der Waals surface area contributed by atoms with E-state index in [4.69, 9.17) is 0 Å². The lowest BCUT2D eigenvalue weighted by molar-refractivity contribution is 0.169. The molecule has 2 heterocycles. The number of nitrogens with one attached hydrogen (secondary N) is 1. The van der Waals surface area contributed by atoms with Gasteiger partial charge in [0.05, 0.1) is 11.8 Å². The summed E-state index contributed by atoms with van der Waals surface area (Å²) in [6.07, 6.45) is 1.77. The van der Waals surface area contributed by atoms with Gasteiger partial charge in [0.2, 0.25) is 0 Å². The lowest BCUT2D eigenvalue weighted by Crippen LogP contribution is -2.07. The summed E-state index contributed by atoms with van der Waals surface area (Å²) in [5, 5.41) is 10.2. The van der Waals surface area contributed by atoms with Gasteiger partial charge in [-0.05, 0) is 25.5 Å². The Balaban J connectivity index is 2.17. The Labute approximate surface area is 115 Å². The van der Waals surface area contributed by atoms with Crippen LogP contribution in [-0.4, -0.2) is 20.1 Å². The minimum Gasteiger partial charge on any atom is -0.387 e. The number of pyridine rings is 1. The molecule has 2 aromatic rings. The fourth-order valence-corrected chi connectivity index (χ4v) is 2.38. The molecule has 0 unspecified atom stereocenters. The molecule has 100 valence electrons. The molecule has 0 fully saturated rings. The zero-order valence-corrected chi connectivity index (χ0v) is 11.6. The van der Waals surface area contributed by atoms with Crippen molar-refractivity contribution in [2.75, 3.05) is 0 Å². The van der Waals surface area contributed by atoms with E-state index in [2.05, 4.69) is 15.0 Å². The molecule has 0 bridgehead atoms. The third kappa shape index (κ3) is 3.65. The zero-order valence-electron chi connectivity index (χ0n) is 10.8. The lowest BCUT2D eigenvalue weighted by atomic mass is 10.2. The molecule has 2 N–H and O–H groups in total. The monoisotopic (exact) mass is 277 g/mol. The molecule has 2 rings (SSSR count). The van der Waals surface area contributed by atoms with Crippen LogP contribution in [0.4, 0.5) is 0 Å². The quantitative estimate of drug-likeness (QED) is 0.836. The number of rotatable bonds is 4. The molecule has 0 aromatic carbocycles. The summed E-state index contributed by atoms with van der Waals surface area (Å²) >= 11 is 1.33. The summed E-state index contributed by atoms with van der Waals surface area (Å²) < 4.78 is 0. The van der Waals surface area contributed by atoms with E-state index in [9.17, 15) is 9.90 Å². The first-order chi connectivity index (χ1) is 9.08. The summed E-state index contributed by atoms with van der Waals surface area (Å²) in [6, 6.07) is 5.08. The molecule has 19 heavy (non-hydrogen) atoms. The minimum atomic E-state index is -0.532. The van der Waals surface area contributed by atoms with Gasteiger partial charge >= 0.3 is 0 Å². The standard InChI is InChI=1S/C13H15N3O2S/c1-3-11(17)10-5-4-9(7-14-10)19-13-15-8(2)6-12(18)16-13/h4-7,11,17H,3H2,1-2H3,(H,15,16,18)/t11-/m0/s1. The molecule has 0 aliphatic carbocycles. The molecular weight excluding hydrogens is 262 g/mol. The maximum Gasteiger partial charge on any atom is 0.251 e. The molecule has 0 radical (unpaired) electrons. The lowest BCUT2D eigenvalue weighted by Gasteiger charge is -2.07. The van der Waals surface area contributed by atoms with Gasteiger partial charge in [0.25, 0.3) is 5.56 Å². The number of aliphatic hydroxyl groups excluding tert-OH is 1. The second kappa shape index (κ2) is 5.99. The van der Waals surface area contributed by atoms with E-state index in [-0.39, 0.29) is 5.56 Å². The highest BCUT2D eigenvalue weighted by molar-refractivity contribution is 7.99. The van der Waals surface area contributed by atoms with E-state index in [1.807, 2.05) is 13.0 Å². The molecule has 5 nitrogen and oxygen atoms in total.